The summed E-state index contributed by atoms with van der Waals surface area (Å²) in [4.78, 5) is 6.96. The Kier molecular flexibility index (Phi) is 8.90. The molecule has 0 bridgehead atoms. The number of rotatable bonds is 6. The van der Waals surface area contributed by atoms with Crippen molar-refractivity contribution in [2.75, 3.05) is 11.1 Å². The Hall–Kier alpha value is -3.98. The second kappa shape index (κ2) is 11.2. The molecule has 0 fully saturated rings. The van der Waals surface area contributed by atoms with Gasteiger partial charge in [0.05, 0.1) is 6.04 Å². The van der Waals surface area contributed by atoms with Crippen LogP contribution in [-0.2, 0) is 12.4 Å². The largest absolute Gasteiger partial charge is 0.477 e. The predicted octanol–water partition coefficient (Wildman–Crippen LogP) is 6.30. The summed E-state index contributed by atoms with van der Waals surface area (Å²) in [6.07, 6.45) is -13.7. The summed E-state index contributed by atoms with van der Waals surface area (Å²) in [5.74, 6) is -0.713. The van der Waals surface area contributed by atoms with Crippen LogP contribution in [0, 0.1) is 0 Å². The number of anilines is 2. The SMILES string of the molecule is C=CC(=C)C(C)Nc1nc2c(OC(C)C(F)(F)F)ccc(C(F)(F)F)n2n1.Nc1ccnc(C(F)(F)F)c1. The van der Waals surface area contributed by atoms with Crippen LogP contribution < -0.4 is 15.8 Å². The number of nitrogens with one attached hydrogen (secondary N) is 1. The Bertz CT molecular complexity index is 1280. The molecule has 208 valence electrons. The van der Waals surface area contributed by atoms with Crippen LogP contribution in [0.4, 0.5) is 51.1 Å². The van der Waals surface area contributed by atoms with E-state index in [9.17, 15) is 39.5 Å². The van der Waals surface area contributed by atoms with Gasteiger partial charge >= 0.3 is 18.5 Å². The van der Waals surface area contributed by atoms with Gasteiger partial charge in [-0.15, -0.1) is 5.10 Å². The third-order valence-electron chi connectivity index (χ3n) is 4.74. The van der Waals surface area contributed by atoms with E-state index in [4.69, 9.17) is 10.5 Å². The summed E-state index contributed by atoms with van der Waals surface area (Å²) in [5.41, 5.74) is 3.03. The zero-order valence-electron chi connectivity index (χ0n) is 19.7. The van der Waals surface area contributed by atoms with Gasteiger partial charge in [-0.2, -0.15) is 44.5 Å². The van der Waals surface area contributed by atoms with Gasteiger partial charge in [-0.05, 0) is 43.7 Å². The molecular weight excluding hydrogens is 535 g/mol. The van der Waals surface area contributed by atoms with Gasteiger partial charge in [0.1, 0.15) is 11.4 Å². The average Bonchev–Trinajstić information content (AvgIpc) is 3.20. The Morgan fingerprint density at radius 3 is 2.16 bits per heavy atom. The fourth-order valence-corrected chi connectivity index (χ4v) is 2.63. The summed E-state index contributed by atoms with van der Waals surface area (Å²) in [5, 5.41) is 6.42. The van der Waals surface area contributed by atoms with Gasteiger partial charge in [-0.3, -0.25) is 4.98 Å². The number of fused-ring (bicyclic) bond motifs is 1. The van der Waals surface area contributed by atoms with E-state index in [2.05, 4.69) is 33.5 Å². The summed E-state index contributed by atoms with van der Waals surface area (Å²) in [6.45, 7) is 9.59. The van der Waals surface area contributed by atoms with Gasteiger partial charge in [0.25, 0.3) is 0 Å². The van der Waals surface area contributed by atoms with E-state index < -0.39 is 53.5 Å². The Morgan fingerprint density at radius 1 is 1.05 bits per heavy atom. The maximum Gasteiger partial charge on any atom is 0.433 e. The second-order valence-corrected chi connectivity index (χ2v) is 7.67. The van der Waals surface area contributed by atoms with Gasteiger partial charge in [0, 0.05) is 11.9 Å². The highest BCUT2D eigenvalue weighted by Crippen LogP contribution is 2.34. The molecule has 0 aromatic carbocycles. The molecule has 0 spiro atoms. The number of alkyl halides is 9. The lowest BCUT2D eigenvalue weighted by Gasteiger charge is -2.18. The molecule has 0 saturated heterocycles. The summed E-state index contributed by atoms with van der Waals surface area (Å²) in [7, 11) is 0. The maximum absolute atomic E-state index is 13.2. The van der Waals surface area contributed by atoms with Crippen molar-refractivity contribution < 1.29 is 44.3 Å². The summed E-state index contributed by atoms with van der Waals surface area (Å²) < 4.78 is 118. The molecule has 0 aliphatic carbocycles. The first-order valence-electron chi connectivity index (χ1n) is 10.4. The van der Waals surface area contributed by atoms with Crippen LogP contribution in [0.25, 0.3) is 5.65 Å². The Morgan fingerprint density at radius 2 is 1.68 bits per heavy atom. The molecule has 0 radical (unpaired) electrons. The van der Waals surface area contributed by atoms with Crippen molar-refractivity contribution in [2.24, 2.45) is 0 Å². The normalized spacial score (nSPS) is 13.8. The molecule has 0 aliphatic heterocycles. The molecule has 16 heteroatoms. The topological polar surface area (TPSA) is 90.4 Å². The highest BCUT2D eigenvalue weighted by molar-refractivity contribution is 5.57. The number of ether oxygens (including phenoxy) is 1. The molecule has 3 N–H and O–H groups in total. The number of hydrogen-bond donors (Lipinski definition) is 2. The van der Waals surface area contributed by atoms with Crippen molar-refractivity contribution in [2.45, 2.75) is 44.5 Å². The van der Waals surface area contributed by atoms with E-state index in [1.54, 1.807) is 6.92 Å². The highest BCUT2D eigenvalue weighted by Gasteiger charge is 2.40. The molecule has 7 nitrogen and oxygen atoms in total. The van der Waals surface area contributed by atoms with Crippen molar-refractivity contribution in [3.8, 4) is 5.75 Å². The number of nitrogen functional groups attached to an aromatic ring is 1. The summed E-state index contributed by atoms with van der Waals surface area (Å²) >= 11 is 0. The van der Waals surface area contributed by atoms with Gasteiger partial charge < -0.3 is 15.8 Å². The van der Waals surface area contributed by atoms with Crippen molar-refractivity contribution in [1.29, 1.82) is 0 Å². The monoisotopic (exact) mass is 556 g/mol. The van der Waals surface area contributed by atoms with Crippen molar-refractivity contribution >= 4 is 17.3 Å². The zero-order valence-corrected chi connectivity index (χ0v) is 19.7. The quantitative estimate of drug-likeness (QED) is 0.274. The molecular formula is C22H21F9N6O. The zero-order chi connectivity index (χ0) is 29.1. The molecule has 3 aromatic heterocycles. The van der Waals surface area contributed by atoms with Crippen LogP contribution in [0.3, 0.4) is 0 Å². The minimum atomic E-state index is -4.80. The van der Waals surface area contributed by atoms with Crippen LogP contribution in [0.2, 0.25) is 0 Å². The second-order valence-electron chi connectivity index (χ2n) is 7.67. The molecule has 38 heavy (non-hydrogen) atoms. The third kappa shape index (κ3) is 7.76. The van der Waals surface area contributed by atoms with Crippen LogP contribution in [-0.4, -0.2) is 37.9 Å². The highest BCUT2D eigenvalue weighted by atomic mass is 19.4. The van der Waals surface area contributed by atoms with E-state index >= 15 is 0 Å². The maximum atomic E-state index is 13.2. The lowest BCUT2D eigenvalue weighted by Crippen LogP contribution is -2.31. The molecule has 3 heterocycles. The first-order valence-corrected chi connectivity index (χ1v) is 10.4. The minimum Gasteiger partial charge on any atom is -0.477 e. The van der Waals surface area contributed by atoms with Gasteiger partial charge in [-0.25, -0.2) is 4.52 Å². The molecule has 0 amide bonds. The van der Waals surface area contributed by atoms with Crippen LogP contribution in [0.1, 0.15) is 25.2 Å². The molecule has 3 aromatic rings. The predicted molar refractivity (Wildman–Crippen MR) is 120 cm³/mol. The van der Waals surface area contributed by atoms with E-state index in [0.717, 1.165) is 25.3 Å². The van der Waals surface area contributed by atoms with Gasteiger partial charge in [0.15, 0.2) is 17.5 Å². The van der Waals surface area contributed by atoms with Crippen LogP contribution in [0.5, 0.6) is 5.75 Å². The lowest BCUT2D eigenvalue weighted by atomic mass is 10.1. The molecule has 0 saturated carbocycles. The average molecular weight is 556 g/mol. The fraction of sp³-hybridized carbons (Fsp3) is 0.318. The smallest absolute Gasteiger partial charge is 0.433 e. The number of nitrogens with two attached hydrogens (primary N) is 1. The minimum absolute atomic E-state index is 0.0623. The Labute approximate surface area is 209 Å². The first kappa shape index (κ1) is 30.2. The van der Waals surface area contributed by atoms with Crippen LogP contribution >= 0.6 is 0 Å². The molecule has 0 aliphatic rings. The lowest BCUT2D eigenvalue weighted by molar-refractivity contribution is -0.189. The molecule has 2 unspecified atom stereocenters. The third-order valence-corrected chi connectivity index (χ3v) is 4.74. The number of hydrogen-bond acceptors (Lipinski definition) is 6. The van der Waals surface area contributed by atoms with E-state index in [1.165, 1.54) is 12.1 Å². The Balaban J connectivity index is 0.000000384. The molecule has 2 atom stereocenters. The van der Waals surface area contributed by atoms with Gasteiger partial charge in [0.2, 0.25) is 5.95 Å². The number of nitrogens with zero attached hydrogens (tertiary/aromatic N) is 4. The summed E-state index contributed by atoms with van der Waals surface area (Å²) in [6, 6.07) is 2.99. The van der Waals surface area contributed by atoms with Crippen LogP contribution in [0.15, 0.2) is 55.3 Å². The van der Waals surface area contributed by atoms with E-state index in [1.807, 2.05) is 0 Å². The van der Waals surface area contributed by atoms with Gasteiger partial charge in [-0.1, -0.05) is 19.2 Å². The van der Waals surface area contributed by atoms with E-state index in [0.29, 0.717) is 16.2 Å². The molecule has 3 rings (SSSR count). The fourth-order valence-electron chi connectivity index (χ4n) is 2.63. The van der Waals surface area contributed by atoms with Crippen molar-refractivity contribution in [3.63, 3.8) is 0 Å². The van der Waals surface area contributed by atoms with Crippen molar-refractivity contribution in [1.82, 2.24) is 19.6 Å². The first-order chi connectivity index (χ1) is 17.3. The van der Waals surface area contributed by atoms with E-state index in [-0.39, 0.29) is 11.6 Å². The number of pyridine rings is 2. The van der Waals surface area contributed by atoms with Crippen molar-refractivity contribution in [3.05, 3.63) is 66.7 Å². The number of aromatic nitrogens is 4. The standard InChI is InChI=1S/C16H16F6N4O.C6H5F3N2/c1-5-8(2)9(3)23-14-24-13-11(27-10(4)15(17,18)19)6-7-12(16(20,21)22)26(13)25-14;7-6(8,9)5-3-4(10)1-2-11-5/h5-7,9-10H,1-2H2,3-4H3,(H,23,25);1-3H,(H2,10,11). The number of halogens is 9.